The highest BCUT2D eigenvalue weighted by molar-refractivity contribution is 5.28. The molecule has 0 nitrogen and oxygen atoms in total. The minimum Gasteiger partial charge on any atom is -0.230 e. The second-order valence-electron chi connectivity index (χ2n) is 3.15. The first kappa shape index (κ1) is 9.67. The molecule has 0 atom stereocenters. The van der Waals surface area contributed by atoms with E-state index in [9.17, 15) is 26.3 Å². The van der Waals surface area contributed by atoms with Crippen LogP contribution in [-0.4, -0.2) is 23.2 Å². The van der Waals surface area contributed by atoms with Gasteiger partial charge >= 0.3 is 11.8 Å². The minimum absolute atomic E-state index is 0.00563. The Balaban J connectivity index is 3.16. The first-order valence-electron chi connectivity index (χ1n) is 3.13. The largest absolute Gasteiger partial charge is 0.326 e. The van der Waals surface area contributed by atoms with E-state index in [0.29, 0.717) is 0 Å². The molecule has 1 aliphatic rings. The summed E-state index contributed by atoms with van der Waals surface area (Å²) in [5.41, 5.74) is -8.19. The second-order valence-corrected chi connectivity index (χ2v) is 3.15. The second kappa shape index (κ2) is 1.75. The van der Waals surface area contributed by atoms with Crippen molar-refractivity contribution >= 4 is 0 Å². The van der Waals surface area contributed by atoms with Gasteiger partial charge in [0.2, 0.25) is 11.3 Å². The molecule has 6 heteroatoms. The molecule has 0 spiro atoms. The lowest BCUT2D eigenvalue weighted by molar-refractivity contribution is -0.423. The molecule has 0 bridgehead atoms. The van der Waals surface area contributed by atoms with E-state index in [1.165, 1.54) is 0 Å². The summed E-state index contributed by atoms with van der Waals surface area (Å²) in [5.74, 6) is -9.27. The fraction of sp³-hybridized carbons (Fsp3) is 1.00. The van der Waals surface area contributed by atoms with Crippen molar-refractivity contribution in [3.63, 3.8) is 0 Å². The Morgan fingerprint density at radius 1 is 0.583 bits per heavy atom. The average Bonchev–Trinajstić information content (AvgIpc) is 1.84. The van der Waals surface area contributed by atoms with Gasteiger partial charge in [0.15, 0.2) is 0 Å². The van der Waals surface area contributed by atoms with Gasteiger partial charge < -0.3 is 0 Å². The van der Waals surface area contributed by atoms with Gasteiger partial charge in [-0.3, -0.25) is 0 Å². The molecule has 1 aliphatic carbocycles. The Bertz CT molecular complexity index is 152. The topological polar surface area (TPSA) is 0 Å². The van der Waals surface area contributed by atoms with E-state index in [1.807, 2.05) is 0 Å². The van der Waals surface area contributed by atoms with Gasteiger partial charge in [-0.15, -0.1) is 0 Å². The Labute approximate surface area is 64.6 Å². The van der Waals surface area contributed by atoms with E-state index >= 15 is 0 Å². The van der Waals surface area contributed by atoms with Crippen LogP contribution in [0.2, 0.25) is 0 Å². The lowest BCUT2D eigenvalue weighted by atomic mass is 9.64. The van der Waals surface area contributed by atoms with Crippen molar-refractivity contribution in [2.45, 2.75) is 37.0 Å². The maximum Gasteiger partial charge on any atom is 0.326 e. The van der Waals surface area contributed by atoms with Gasteiger partial charge in [0.25, 0.3) is 0 Å². The summed E-state index contributed by atoms with van der Waals surface area (Å²) >= 11 is 0. The van der Waals surface area contributed by atoms with Crippen LogP contribution in [0.1, 0.15) is 13.8 Å². The number of hydrogen-bond acceptors (Lipinski definition) is 0. The third-order valence-corrected chi connectivity index (χ3v) is 2.36. The van der Waals surface area contributed by atoms with Gasteiger partial charge in [0.05, 0.1) is 0 Å². The molecule has 0 saturated heterocycles. The number of alkyl halides is 6. The smallest absolute Gasteiger partial charge is 0.230 e. The summed E-state index contributed by atoms with van der Waals surface area (Å²) in [4.78, 5) is 0. The third kappa shape index (κ3) is 0.557. The molecule has 0 aromatic carbocycles. The Hall–Kier alpha value is -0.420. The van der Waals surface area contributed by atoms with Crippen molar-refractivity contribution in [2.75, 3.05) is 0 Å². The maximum atomic E-state index is 12.5. The van der Waals surface area contributed by atoms with E-state index in [2.05, 4.69) is 0 Å². The fourth-order valence-electron chi connectivity index (χ4n) is 1.21. The third-order valence-electron chi connectivity index (χ3n) is 2.36. The standard InChI is InChI=1S/C6H6F6/c1-3(7)5(9,10)4(2,8)6(3,11)12/h1-2H3. The summed E-state index contributed by atoms with van der Waals surface area (Å²) in [6.07, 6.45) is 0. The summed E-state index contributed by atoms with van der Waals surface area (Å²) in [6, 6.07) is 0. The van der Waals surface area contributed by atoms with Gasteiger partial charge in [-0.05, 0) is 13.8 Å². The van der Waals surface area contributed by atoms with Crippen LogP contribution in [0.4, 0.5) is 26.3 Å². The van der Waals surface area contributed by atoms with Crippen molar-refractivity contribution in [1.82, 2.24) is 0 Å². The predicted octanol–water partition coefficient (Wildman–Crippen LogP) is 2.73. The zero-order valence-corrected chi connectivity index (χ0v) is 6.27. The normalized spacial score (nSPS) is 50.0. The van der Waals surface area contributed by atoms with E-state index in [1.54, 1.807) is 0 Å². The van der Waals surface area contributed by atoms with Gasteiger partial charge in [-0.2, -0.15) is 17.6 Å². The first-order valence-corrected chi connectivity index (χ1v) is 3.13. The van der Waals surface area contributed by atoms with Crippen LogP contribution in [0.25, 0.3) is 0 Å². The van der Waals surface area contributed by atoms with Gasteiger partial charge in [0, 0.05) is 0 Å². The average molecular weight is 192 g/mol. The van der Waals surface area contributed by atoms with Gasteiger partial charge in [-0.1, -0.05) is 0 Å². The SMILES string of the molecule is CC1(F)C(F)(F)C(C)(F)C1(F)F. The molecule has 1 rings (SSSR count). The summed E-state index contributed by atoms with van der Waals surface area (Å²) in [6.45, 7) is -0.0113. The van der Waals surface area contributed by atoms with E-state index in [4.69, 9.17) is 0 Å². The zero-order chi connectivity index (χ0) is 10.0. The molecule has 12 heavy (non-hydrogen) atoms. The zero-order valence-electron chi connectivity index (χ0n) is 6.27. The molecule has 0 aromatic rings. The maximum absolute atomic E-state index is 12.5. The number of halogens is 6. The van der Waals surface area contributed by atoms with Crippen LogP contribution < -0.4 is 0 Å². The monoisotopic (exact) mass is 192 g/mol. The van der Waals surface area contributed by atoms with Crippen LogP contribution in [0, 0.1) is 0 Å². The lowest BCUT2D eigenvalue weighted by Gasteiger charge is -2.55. The summed E-state index contributed by atoms with van der Waals surface area (Å²) in [7, 11) is 0. The van der Waals surface area contributed by atoms with Crippen LogP contribution in [0.3, 0.4) is 0 Å². The highest BCUT2D eigenvalue weighted by Gasteiger charge is 2.94. The molecule has 72 valence electrons. The molecular weight excluding hydrogens is 186 g/mol. The van der Waals surface area contributed by atoms with Crippen LogP contribution in [-0.2, 0) is 0 Å². The van der Waals surface area contributed by atoms with Crippen LogP contribution >= 0.6 is 0 Å². The Morgan fingerprint density at radius 3 is 0.833 bits per heavy atom. The molecule has 0 aliphatic heterocycles. The van der Waals surface area contributed by atoms with E-state index < -0.39 is 23.2 Å². The Kier molecular flexibility index (Phi) is 1.41. The molecule has 0 aromatic heterocycles. The van der Waals surface area contributed by atoms with E-state index in [0.717, 1.165) is 0 Å². The lowest BCUT2D eigenvalue weighted by Crippen LogP contribution is -2.83. The molecular formula is C6H6F6. The number of hydrogen-bond donors (Lipinski definition) is 0. The highest BCUT2D eigenvalue weighted by Crippen LogP contribution is 2.67. The highest BCUT2D eigenvalue weighted by atomic mass is 19.3. The van der Waals surface area contributed by atoms with Crippen LogP contribution in [0.15, 0.2) is 0 Å². The van der Waals surface area contributed by atoms with Crippen molar-refractivity contribution < 1.29 is 26.3 Å². The molecule has 1 saturated carbocycles. The fourth-order valence-corrected chi connectivity index (χ4v) is 1.21. The predicted molar refractivity (Wildman–Crippen MR) is 28.9 cm³/mol. The molecule has 1 fully saturated rings. The van der Waals surface area contributed by atoms with E-state index in [-0.39, 0.29) is 13.8 Å². The van der Waals surface area contributed by atoms with Crippen molar-refractivity contribution in [3.05, 3.63) is 0 Å². The van der Waals surface area contributed by atoms with Crippen molar-refractivity contribution in [3.8, 4) is 0 Å². The first-order chi connectivity index (χ1) is 5.00. The molecule has 0 N–H and O–H groups in total. The number of rotatable bonds is 0. The molecule has 0 heterocycles. The Morgan fingerprint density at radius 2 is 0.750 bits per heavy atom. The molecule has 0 unspecified atom stereocenters. The molecule has 0 radical (unpaired) electrons. The van der Waals surface area contributed by atoms with Gasteiger partial charge in [0.1, 0.15) is 0 Å². The summed E-state index contributed by atoms with van der Waals surface area (Å²) in [5, 5.41) is 0. The van der Waals surface area contributed by atoms with Crippen molar-refractivity contribution in [1.29, 1.82) is 0 Å². The van der Waals surface area contributed by atoms with Gasteiger partial charge in [-0.25, -0.2) is 8.78 Å². The quantitative estimate of drug-likeness (QED) is 0.517. The molecule has 0 amide bonds. The minimum atomic E-state index is -4.64. The summed E-state index contributed by atoms with van der Waals surface area (Å²) < 4.78 is 74.5. The van der Waals surface area contributed by atoms with Crippen molar-refractivity contribution in [2.24, 2.45) is 0 Å². The van der Waals surface area contributed by atoms with Crippen LogP contribution in [0.5, 0.6) is 0 Å².